The highest BCUT2D eigenvalue weighted by molar-refractivity contribution is 6.41. The summed E-state index contributed by atoms with van der Waals surface area (Å²) in [5.41, 5.74) is 5.50. The maximum atomic E-state index is 2.38. The Kier molecular flexibility index (Phi) is 2.97. The fourth-order valence-corrected chi connectivity index (χ4v) is 5.70. The Morgan fingerprint density at radius 2 is 0.607 bits per heavy atom. The van der Waals surface area contributed by atoms with Crippen LogP contribution >= 0.6 is 0 Å². The highest BCUT2D eigenvalue weighted by Crippen LogP contribution is 2.48. The van der Waals surface area contributed by atoms with Crippen LogP contribution in [0.3, 0.4) is 0 Å². The smallest absolute Gasteiger partial charge is 0.000835 e. The first kappa shape index (κ1) is 15.9. The molecule has 0 atom stereocenters. The van der Waals surface area contributed by atoms with E-state index in [1.54, 1.807) is 0 Å². The summed E-state index contributed by atoms with van der Waals surface area (Å²) in [5.74, 6) is 0. The van der Waals surface area contributed by atoms with E-state index in [0.717, 1.165) is 0 Å². The van der Waals surface area contributed by atoms with Crippen LogP contribution in [0.5, 0.6) is 0 Å². The predicted octanol–water partition coefficient (Wildman–Crippen LogP) is 8.12. The lowest BCUT2D eigenvalue weighted by Gasteiger charge is -2.22. The Morgan fingerprint density at radius 3 is 0.857 bits per heavy atom. The quantitative estimate of drug-likeness (QED) is 0.190. The van der Waals surface area contributed by atoms with Gasteiger partial charge in [0.15, 0.2) is 0 Å². The molecule has 0 aliphatic carbocycles. The molecule has 134 valence electrons. The zero-order valence-corrected chi connectivity index (χ0v) is 16.8. The largest absolute Gasteiger partial charge is 0.0616 e. The highest BCUT2D eigenvalue weighted by Gasteiger charge is 2.21. The van der Waals surface area contributed by atoms with Gasteiger partial charge in [-0.1, -0.05) is 60.7 Å². The Hall–Kier alpha value is -3.12. The molecule has 0 fully saturated rings. The van der Waals surface area contributed by atoms with Crippen molar-refractivity contribution < 1.29 is 0 Å². The van der Waals surface area contributed by atoms with Gasteiger partial charge in [0.2, 0.25) is 0 Å². The number of benzene rings is 6. The van der Waals surface area contributed by atoms with Crippen LogP contribution in [0.4, 0.5) is 0 Å². The zero-order valence-electron chi connectivity index (χ0n) is 16.8. The maximum absolute atomic E-state index is 2.38. The molecule has 0 nitrogen and oxygen atoms in total. The van der Waals surface area contributed by atoms with Gasteiger partial charge in [-0.15, -0.1) is 0 Å². The van der Waals surface area contributed by atoms with Crippen LogP contribution in [0, 0.1) is 27.7 Å². The van der Waals surface area contributed by atoms with Gasteiger partial charge in [-0.05, 0) is 104 Å². The minimum Gasteiger partial charge on any atom is -0.0616 e. The van der Waals surface area contributed by atoms with Crippen molar-refractivity contribution in [1.82, 2.24) is 0 Å². The third kappa shape index (κ3) is 1.76. The van der Waals surface area contributed by atoms with E-state index in [-0.39, 0.29) is 0 Å². The fourth-order valence-electron chi connectivity index (χ4n) is 5.70. The predicted molar refractivity (Wildman–Crippen MR) is 124 cm³/mol. The van der Waals surface area contributed by atoms with Crippen LogP contribution in [0.2, 0.25) is 0 Å². The number of fused-ring (bicyclic) bond motifs is 6. The van der Waals surface area contributed by atoms with Crippen LogP contribution in [-0.4, -0.2) is 0 Å². The summed E-state index contributed by atoms with van der Waals surface area (Å²) in [6.45, 7) is 9.08. The summed E-state index contributed by atoms with van der Waals surface area (Å²) in [7, 11) is 0. The molecule has 0 N–H and O–H groups in total. The molecule has 6 aromatic carbocycles. The number of hydrogen-bond donors (Lipinski definition) is 0. The average Bonchev–Trinajstić information content (AvgIpc) is 2.68. The van der Waals surface area contributed by atoms with Gasteiger partial charge in [-0.3, -0.25) is 0 Å². The lowest BCUT2D eigenvalue weighted by molar-refractivity contribution is 1.45. The summed E-state index contributed by atoms with van der Waals surface area (Å²) in [6.07, 6.45) is 0. The second kappa shape index (κ2) is 5.23. The molecule has 0 aliphatic rings. The summed E-state index contributed by atoms with van der Waals surface area (Å²) < 4.78 is 0. The van der Waals surface area contributed by atoms with Crippen molar-refractivity contribution >= 4 is 53.9 Å². The summed E-state index contributed by atoms with van der Waals surface area (Å²) >= 11 is 0. The molecule has 0 saturated heterocycles. The van der Waals surface area contributed by atoms with Crippen molar-refractivity contribution in [2.45, 2.75) is 27.7 Å². The van der Waals surface area contributed by atoms with Crippen LogP contribution in [0.25, 0.3) is 53.9 Å². The van der Waals surface area contributed by atoms with Crippen molar-refractivity contribution in [1.29, 1.82) is 0 Å². The van der Waals surface area contributed by atoms with E-state index in [2.05, 4.69) is 88.4 Å². The lowest BCUT2D eigenvalue weighted by Crippen LogP contribution is -1.96. The van der Waals surface area contributed by atoms with Gasteiger partial charge in [0.25, 0.3) is 0 Å². The van der Waals surface area contributed by atoms with Gasteiger partial charge in [-0.2, -0.15) is 0 Å². The SMILES string of the molecule is Cc1cc(C)c2c3ccccc3c3c(C)cc(C)c4c5ccccc5c1c2c43. The van der Waals surface area contributed by atoms with Crippen molar-refractivity contribution in [2.24, 2.45) is 0 Å². The van der Waals surface area contributed by atoms with Gasteiger partial charge in [0.05, 0.1) is 0 Å². The molecule has 0 spiro atoms. The minimum absolute atomic E-state index is 1.37. The van der Waals surface area contributed by atoms with Crippen molar-refractivity contribution in [2.75, 3.05) is 0 Å². The monoisotopic (exact) mass is 358 g/mol. The molecule has 0 bridgehead atoms. The van der Waals surface area contributed by atoms with E-state index in [9.17, 15) is 0 Å². The number of hydrogen-bond acceptors (Lipinski definition) is 0. The molecular formula is C28H22. The lowest BCUT2D eigenvalue weighted by atomic mass is 9.81. The standard InChI is InChI=1S/C28H22/c1-15-13-16(2)24-21-11-7-8-12-22(21)26-18(4)14-17(3)25-20-10-6-5-9-19(20)23(15)27(24)28(25)26/h5-14H,1-4H3. The third-order valence-electron chi connectivity index (χ3n) is 6.62. The van der Waals surface area contributed by atoms with Crippen molar-refractivity contribution in [3.05, 3.63) is 82.9 Å². The molecule has 0 aliphatic heterocycles. The molecule has 0 aromatic heterocycles. The van der Waals surface area contributed by atoms with E-state index in [0.29, 0.717) is 0 Å². The Balaban J connectivity index is 2.20. The molecule has 0 radical (unpaired) electrons. The normalized spacial score (nSPS) is 12.3. The van der Waals surface area contributed by atoms with E-state index in [1.807, 2.05) is 0 Å². The molecule has 0 saturated carbocycles. The molecule has 0 heterocycles. The van der Waals surface area contributed by atoms with Gasteiger partial charge in [-0.25, -0.2) is 0 Å². The molecule has 28 heavy (non-hydrogen) atoms. The topological polar surface area (TPSA) is 0 Å². The second-order valence-electron chi connectivity index (χ2n) is 8.36. The first-order chi connectivity index (χ1) is 13.6. The van der Waals surface area contributed by atoms with E-state index in [1.165, 1.54) is 76.1 Å². The molecule has 6 aromatic rings. The van der Waals surface area contributed by atoms with Gasteiger partial charge >= 0.3 is 0 Å². The Bertz CT molecular complexity index is 1350. The summed E-state index contributed by atoms with van der Waals surface area (Å²) in [5, 5.41) is 14.1. The van der Waals surface area contributed by atoms with Gasteiger partial charge in [0, 0.05) is 0 Å². The average molecular weight is 358 g/mol. The molecule has 0 unspecified atom stereocenters. The second-order valence-corrected chi connectivity index (χ2v) is 8.36. The van der Waals surface area contributed by atoms with Crippen molar-refractivity contribution in [3.8, 4) is 0 Å². The van der Waals surface area contributed by atoms with Crippen molar-refractivity contribution in [3.63, 3.8) is 0 Å². The fraction of sp³-hybridized carbons (Fsp3) is 0.143. The van der Waals surface area contributed by atoms with Crippen LogP contribution in [0.15, 0.2) is 60.7 Å². The van der Waals surface area contributed by atoms with E-state index >= 15 is 0 Å². The molecule has 6 rings (SSSR count). The molecule has 0 heteroatoms. The van der Waals surface area contributed by atoms with Gasteiger partial charge in [0.1, 0.15) is 0 Å². The van der Waals surface area contributed by atoms with E-state index in [4.69, 9.17) is 0 Å². The maximum Gasteiger partial charge on any atom is -0.000835 e. The van der Waals surface area contributed by atoms with Gasteiger partial charge < -0.3 is 0 Å². The summed E-state index contributed by atoms with van der Waals surface area (Å²) in [4.78, 5) is 0. The summed E-state index contributed by atoms with van der Waals surface area (Å²) in [6, 6.07) is 22.7. The highest BCUT2D eigenvalue weighted by atomic mass is 14.2. The Labute approximate surface area is 164 Å². The minimum atomic E-state index is 1.37. The van der Waals surface area contributed by atoms with Crippen LogP contribution in [0.1, 0.15) is 22.3 Å². The number of rotatable bonds is 0. The third-order valence-corrected chi connectivity index (χ3v) is 6.62. The van der Waals surface area contributed by atoms with Crippen LogP contribution in [-0.2, 0) is 0 Å². The zero-order chi connectivity index (χ0) is 19.2. The van der Waals surface area contributed by atoms with Crippen LogP contribution < -0.4 is 0 Å². The van der Waals surface area contributed by atoms with E-state index < -0.39 is 0 Å². The first-order valence-electron chi connectivity index (χ1n) is 10.1. The Morgan fingerprint density at radius 1 is 0.357 bits per heavy atom. The molecule has 0 amide bonds. The number of aryl methyl sites for hydroxylation is 4. The molecular weight excluding hydrogens is 336 g/mol. The first-order valence-corrected chi connectivity index (χ1v) is 10.1.